The fourth-order valence-electron chi connectivity index (χ4n) is 5.48. The number of fused-ring (bicyclic) bond motifs is 2. The molecule has 2 aliphatic heterocycles. The highest BCUT2D eigenvalue weighted by Crippen LogP contribution is 2.53. The molecule has 224 valence electrons. The molecular weight excluding hydrogens is 605 g/mol. The number of nitrogens with zero attached hydrogens (tertiary/aromatic N) is 2. The summed E-state index contributed by atoms with van der Waals surface area (Å²) in [7, 11) is 0. The van der Waals surface area contributed by atoms with Crippen LogP contribution in [0.5, 0.6) is 0 Å². The quantitative estimate of drug-likeness (QED) is 0.226. The van der Waals surface area contributed by atoms with E-state index in [1.165, 1.54) is 33.7 Å². The number of amides is 3. The molecule has 0 bridgehead atoms. The van der Waals surface area contributed by atoms with E-state index in [1.807, 2.05) is 19.1 Å². The second-order valence-corrected chi connectivity index (χ2v) is 12.5. The highest BCUT2D eigenvalue weighted by molar-refractivity contribution is 8.00. The van der Waals surface area contributed by atoms with Gasteiger partial charge in [0.05, 0.1) is 28.8 Å². The Morgan fingerprint density at radius 1 is 0.932 bits per heavy atom. The third-order valence-electron chi connectivity index (χ3n) is 7.55. The smallest absolute Gasteiger partial charge is 0.338 e. The molecule has 1 aromatic heterocycles. The summed E-state index contributed by atoms with van der Waals surface area (Å²) >= 11 is 2.02. The zero-order chi connectivity index (χ0) is 31.1. The minimum Gasteiger partial charge on any atom is -0.462 e. The fraction of sp³-hybridized carbons (Fsp3) is 0.219. The number of hydrogen-bond donors (Lipinski definition) is 1. The van der Waals surface area contributed by atoms with Crippen molar-refractivity contribution in [1.82, 2.24) is 4.57 Å². The molecule has 3 heterocycles. The standard InChI is InChI=1S/C32H26FN3O6S2/c1-3-42-31(40)19-8-12-21(13-9-19)34-23(37)16-35-30-27(44-32(35)41)24(18-6-10-20(33)11-7-18)25-26(43-30)29(39)36(28(25)38)22-14-4-17(2)5-15-22/h4-15,24-26H,3,16H2,1-2H3,(H,34,37). The van der Waals surface area contributed by atoms with Crippen LogP contribution in [0.4, 0.5) is 15.8 Å². The number of thioether (sulfide) groups is 1. The SMILES string of the molecule is CCOC(=O)c1ccc(NC(=O)Cn2c3c(sc2=O)C(c2ccc(F)cc2)C2C(=O)N(c4ccc(C)cc4)C(=O)C2S3)cc1. The minimum atomic E-state index is -0.856. The number of thiazole rings is 1. The van der Waals surface area contributed by atoms with Crippen LogP contribution >= 0.6 is 23.1 Å². The molecule has 0 radical (unpaired) electrons. The fourth-order valence-corrected chi connectivity index (χ4v) is 8.25. The van der Waals surface area contributed by atoms with E-state index in [9.17, 15) is 28.4 Å². The molecular formula is C32H26FN3O6S2. The van der Waals surface area contributed by atoms with E-state index in [-0.39, 0.29) is 13.2 Å². The Labute approximate surface area is 259 Å². The Morgan fingerprint density at radius 2 is 1.61 bits per heavy atom. The number of nitrogens with one attached hydrogen (secondary N) is 1. The zero-order valence-electron chi connectivity index (χ0n) is 23.6. The Morgan fingerprint density at radius 3 is 2.27 bits per heavy atom. The second-order valence-electron chi connectivity index (χ2n) is 10.4. The van der Waals surface area contributed by atoms with Gasteiger partial charge in [-0.25, -0.2) is 14.1 Å². The van der Waals surface area contributed by atoms with E-state index in [2.05, 4.69) is 5.32 Å². The summed E-state index contributed by atoms with van der Waals surface area (Å²) in [6.45, 7) is 3.51. The average molecular weight is 632 g/mol. The molecule has 9 nitrogen and oxygen atoms in total. The lowest BCUT2D eigenvalue weighted by atomic mass is 9.83. The maximum atomic E-state index is 13.9. The first-order chi connectivity index (χ1) is 21.2. The van der Waals surface area contributed by atoms with Gasteiger partial charge in [-0.2, -0.15) is 0 Å². The van der Waals surface area contributed by atoms with Crippen LogP contribution in [0.15, 0.2) is 82.6 Å². The van der Waals surface area contributed by atoms with Crippen LogP contribution in [-0.2, 0) is 25.7 Å². The first kappa shape index (κ1) is 29.5. The number of hydrogen-bond acceptors (Lipinski definition) is 8. The van der Waals surface area contributed by atoms with Gasteiger partial charge in [0.25, 0.3) is 0 Å². The first-order valence-corrected chi connectivity index (χ1v) is 15.5. The van der Waals surface area contributed by atoms with Gasteiger partial charge in [0.2, 0.25) is 17.7 Å². The summed E-state index contributed by atoms with van der Waals surface area (Å²) in [4.78, 5) is 67.4. The molecule has 1 N–H and O–H groups in total. The molecule has 3 amide bonds. The molecule has 4 aromatic rings. The number of aromatic nitrogens is 1. The average Bonchev–Trinajstić information content (AvgIpc) is 3.45. The number of carbonyl (C=O) groups is 4. The van der Waals surface area contributed by atoms with Crippen molar-refractivity contribution in [2.45, 2.75) is 36.6 Å². The van der Waals surface area contributed by atoms with Crippen LogP contribution in [0.25, 0.3) is 0 Å². The number of anilines is 2. The molecule has 3 atom stereocenters. The van der Waals surface area contributed by atoms with Gasteiger partial charge in [0.15, 0.2) is 0 Å². The minimum absolute atomic E-state index is 0.239. The molecule has 1 fully saturated rings. The molecule has 3 aromatic carbocycles. The van der Waals surface area contributed by atoms with Crippen LogP contribution in [0.3, 0.4) is 0 Å². The summed E-state index contributed by atoms with van der Waals surface area (Å²) in [6.07, 6.45) is 0. The second kappa shape index (κ2) is 11.9. The largest absolute Gasteiger partial charge is 0.462 e. The van der Waals surface area contributed by atoms with Gasteiger partial charge >= 0.3 is 10.8 Å². The third-order valence-corrected chi connectivity index (χ3v) is 10.2. The van der Waals surface area contributed by atoms with E-state index in [1.54, 1.807) is 43.3 Å². The topological polar surface area (TPSA) is 115 Å². The predicted molar refractivity (Wildman–Crippen MR) is 165 cm³/mol. The van der Waals surface area contributed by atoms with Crippen LogP contribution in [0, 0.1) is 18.7 Å². The lowest BCUT2D eigenvalue weighted by Crippen LogP contribution is -2.33. The number of rotatable bonds is 7. The van der Waals surface area contributed by atoms with Crippen molar-refractivity contribution in [3.8, 4) is 0 Å². The summed E-state index contributed by atoms with van der Waals surface area (Å²) < 4.78 is 20.2. The number of imide groups is 1. The lowest BCUT2D eigenvalue weighted by molar-refractivity contribution is -0.122. The maximum absolute atomic E-state index is 13.9. The molecule has 0 aliphatic carbocycles. The number of ether oxygens (including phenoxy) is 1. The van der Waals surface area contributed by atoms with E-state index < -0.39 is 51.5 Å². The van der Waals surface area contributed by atoms with Gasteiger partial charge in [-0.05, 0) is 67.9 Å². The Kier molecular flexibility index (Phi) is 7.95. The first-order valence-electron chi connectivity index (χ1n) is 13.8. The molecule has 12 heteroatoms. The number of benzene rings is 3. The van der Waals surface area contributed by atoms with Crippen molar-refractivity contribution < 1.29 is 28.3 Å². The summed E-state index contributed by atoms with van der Waals surface area (Å²) in [5, 5.41) is 2.30. The van der Waals surface area contributed by atoms with Crippen molar-refractivity contribution in [3.63, 3.8) is 0 Å². The monoisotopic (exact) mass is 631 g/mol. The number of aryl methyl sites for hydroxylation is 1. The number of carbonyl (C=O) groups excluding carboxylic acids is 4. The summed E-state index contributed by atoms with van der Waals surface area (Å²) in [5.74, 6) is -3.76. The molecule has 2 aliphatic rings. The Hall–Kier alpha value is -4.55. The third kappa shape index (κ3) is 5.35. The van der Waals surface area contributed by atoms with Gasteiger partial charge in [0, 0.05) is 16.5 Å². The van der Waals surface area contributed by atoms with Crippen LogP contribution in [-0.4, -0.2) is 40.1 Å². The van der Waals surface area contributed by atoms with Gasteiger partial charge in [-0.1, -0.05) is 52.9 Å². The van der Waals surface area contributed by atoms with E-state index in [4.69, 9.17) is 4.74 Å². The maximum Gasteiger partial charge on any atom is 0.338 e. The predicted octanol–water partition coefficient (Wildman–Crippen LogP) is 4.97. The van der Waals surface area contributed by atoms with Crippen LogP contribution in [0.1, 0.15) is 39.2 Å². The molecule has 0 saturated carbocycles. The highest BCUT2D eigenvalue weighted by Gasteiger charge is 2.56. The van der Waals surface area contributed by atoms with Gasteiger partial charge < -0.3 is 10.1 Å². The lowest BCUT2D eigenvalue weighted by Gasteiger charge is -2.30. The molecule has 44 heavy (non-hydrogen) atoms. The van der Waals surface area contributed by atoms with Crippen LogP contribution in [0.2, 0.25) is 0 Å². The van der Waals surface area contributed by atoms with Gasteiger partial charge in [-0.3, -0.25) is 23.7 Å². The normalized spacial score (nSPS) is 19.0. The van der Waals surface area contributed by atoms with Crippen molar-refractivity contribution >= 4 is 58.2 Å². The van der Waals surface area contributed by atoms with Crippen LogP contribution < -0.4 is 15.1 Å². The van der Waals surface area contributed by atoms with Crippen molar-refractivity contribution in [2.75, 3.05) is 16.8 Å². The molecule has 1 saturated heterocycles. The van der Waals surface area contributed by atoms with Gasteiger partial charge in [-0.15, -0.1) is 0 Å². The molecule has 0 spiro atoms. The van der Waals surface area contributed by atoms with Crippen molar-refractivity contribution in [1.29, 1.82) is 0 Å². The number of halogens is 1. The van der Waals surface area contributed by atoms with Crippen molar-refractivity contribution in [2.24, 2.45) is 5.92 Å². The molecule has 6 rings (SSSR count). The summed E-state index contributed by atoms with van der Waals surface area (Å²) in [5.41, 5.74) is 2.77. The Bertz CT molecular complexity index is 1830. The van der Waals surface area contributed by atoms with E-state index in [0.29, 0.717) is 32.4 Å². The zero-order valence-corrected chi connectivity index (χ0v) is 25.2. The summed E-state index contributed by atoms with van der Waals surface area (Å²) in [6, 6.07) is 18.9. The molecule has 3 unspecified atom stereocenters. The van der Waals surface area contributed by atoms with Crippen molar-refractivity contribution in [3.05, 3.63) is 110 Å². The Balaban J connectivity index is 1.33. The highest BCUT2D eigenvalue weighted by atomic mass is 32.2. The van der Waals surface area contributed by atoms with E-state index in [0.717, 1.165) is 28.7 Å². The van der Waals surface area contributed by atoms with E-state index >= 15 is 0 Å². The van der Waals surface area contributed by atoms with Gasteiger partial charge in [0.1, 0.15) is 17.6 Å². The number of esters is 1.